The number of likely N-dealkylation sites (tertiary alicyclic amines) is 1. The molecule has 0 spiro atoms. The quantitative estimate of drug-likeness (QED) is 0.903. The van der Waals surface area contributed by atoms with E-state index in [1.807, 2.05) is 12.4 Å². The van der Waals surface area contributed by atoms with Crippen LogP contribution in [0.25, 0.3) is 0 Å². The highest BCUT2D eigenvalue weighted by molar-refractivity contribution is 5.68. The van der Waals surface area contributed by atoms with Gasteiger partial charge in [0.1, 0.15) is 0 Å². The summed E-state index contributed by atoms with van der Waals surface area (Å²) in [4.78, 5) is 8.93. The van der Waals surface area contributed by atoms with E-state index >= 15 is 0 Å². The zero-order valence-corrected chi connectivity index (χ0v) is 12.4. The van der Waals surface area contributed by atoms with E-state index in [4.69, 9.17) is 0 Å². The molecule has 0 aromatic carbocycles. The van der Waals surface area contributed by atoms with E-state index in [0.29, 0.717) is 6.04 Å². The third kappa shape index (κ3) is 3.83. The smallest absolute Gasteiger partial charge is 0.0766 e. The third-order valence-corrected chi connectivity index (χ3v) is 3.91. The topological polar surface area (TPSA) is 31.4 Å². The Labute approximate surface area is 116 Å². The molecule has 4 nitrogen and oxygen atoms in total. The molecule has 1 aliphatic rings. The fourth-order valence-corrected chi connectivity index (χ4v) is 2.72. The van der Waals surface area contributed by atoms with Gasteiger partial charge >= 0.3 is 0 Å². The predicted molar refractivity (Wildman–Crippen MR) is 81.9 cm³/mol. The summed E-state index contributed by atoms with van der Waals surface area (Å²) < 4.78 is 0. The SMILES string of the molecule is CCN1CCCC(Nc2cnccc2N(C)C)CC1. The van der Waals surface area contributed by atoms with Crippen LogP contribution in [-0.4, -0.2) is 49.7 Å². The maximum atomic E-state index is 4.25. The lowest BCUT2D eigenvalue weighted by Crippen LogP contribution is -2.26. The first kappa shape index (κ1) is 14.1. The average molecular weight is 262 g/mol. The third-order valence-electron chi connectivity index (χ3n) is 3.91. The van der Waals surface area contributed by atoms with Crippen molar-refractivity contribution in [3.63, 3.8) is 0 Å². The Bertz CT molecular complexity index is 391. The molecule has 1 unspecified atom stereocenters. The summed E-state index contributed by atoms with van der Waals surface area (Å²) in [7, 11) is 4.15. The zero-order valence-electron chi connectivity index (χ0n) is 12.4. The van der Waals surface area contributed by atoms with Gasteiger partial charge in [-0.15, -0.1) is 0 Å². The van der Waals surface area contributed by atoms with E-state index in [0.717, 1.165) is 5.69 Å². The average Bonchev–Trinajstić information content (AvgIpc) is 2.64. The molecule has 0 radical (unpaired) electrons. The highest BCUT2D eigenvalue weighted by Gasteiger charge is 2.17. The lowest BCUT2D eigenvalue weighted by molar-refractivity contribution is 0.300. The van der Waals surface area contributed by atoms with Gasteiger partial charge in [0.15, 0.2) is 0 Å². The molecule has 1 aliphatic heterocycles. The Morgan fingerprint density at radius 2 is 2.21 bits per heavy atom. The standard InChI is InChI=1S/C15H26N4/c1-4-19-10-5-6-13(8-11-19)17-14-12-16-9-7-15(14)18(2)3/h7,9,12-13,17H,4-6,8,10-11H2,1-3H3. The van der Waals surface area contributed by atoms with Gasteiger partial charge in [0, 0.05) is 32.9 Å². The number of hydrogen-bond donors (Lipinski definition) is 1. The fraction of sp³-hybridized carbons (Fsp3) is 0.667. The minimum absolute atomic E-state index is 0.569. The van der Waals surface area contributed by atoms with Crippen LogP contribution in [0.3, 0.4) is 0 Å². The molecule has 1 atom stereocenters. The van der Waals surface area contributed by atoms with Crippen molar-refractivity contribution in [2.24, 2.45) is 0 Å². The van der Waals surface area contributed by atoms with Gasteiger partial charge in [-0.1, -0.05) is 6.92 Å². The predicted octanol–water partition coefficient (Wildman–Crippen LogP) is 2.43. The van der Waals surface area contributed by atoms with Crippen molar-refractivity contribution in [1.29, 1.82) is 0 Å². The van der Waals surface area contributed by atoms with Crippen molar-refractivity contribution in [3.05, 3.63) is 18.5 Å². The lowest BCUT2D eigenvalue weighted by Gasteiger charge is -2.23. The second-order valence-corrected chi connectivity index (χ2v) is 5.49. The number of pyridine rings is 1. The number of rotatable bonds is 4. The van der Waals surface area contributed by atoms with Crippen LogP contribution < -0.4 is 10.2 Å². The van der Waals surface area contributed by atoms with Crippen LogP contribution in [0.1, 0.15) is 26.2 Å². The van der Waals surface area contributed by atoms with Crippen LogP contribution in [-0.2, 0) is 0 Å². The molecule has 19 heavy (non-hydrogen) atoms. The van der Waals surface area contributed by atoms with E-state index < -0.39 is 0 Å². The van der Waals surface area contributed by atoms with Crippen molar-refractivity contribution in [3.8, 4) is 0 Å². The molecule has 2 rings (SSSR count). The summed E-state index contributed by atoms with van der Waals surface area (Å²) in [5.41, 5.74) is 2.37. The summed E-state index contributed by atoms with van der Waals surface area (Å²) in [5, 5.41) is 3.68. The van der Waals surface area contributed by atoms with Gasteiger partial charge in [0.05, 0.1) is 17.6 Å². The van der Waals surface area contributed by atoms with Gasteiger partial charge < -0.3 is 15.1 Å². The van der Waals surface area contributed by atoms with Crippen LogP contribution in [0.5, 0.6) is 0 Å². The number of nitrogens with zero attached hydrogens (tertiary/aromatic N) is 3. The highest BCUT2D eigenvalue weighted by Crippen LogP contribution is 2.25. The van der Waals surface area contributed by atoms with Gasteiger partial charge in [0.2, 0.25) is 0 Å². The molecule has 1 fully saturated rings. The molecule has 2 heterocycles. The first-order chi connectivity index (χ1) is 9.20. The second-order valence-electron chi connectivity index (χ2n) is 5.49. The maximum absolute atomic E-state index is 4.25. The number of hydrogen-bond acceptors (Lipinski definition) is 4. The number of anilines is 2. The maximum Gasteiger partial charge on any atom is 0.0766 e. The number of aromatic nitrogens is 1. The molecule has 0 saturated carbocycles. The molecule has 0 amide bonds. The van der Waals surface area contributed by atoms with Crippen LogP contribution in [0.2, 0.25) is 0 Å². The zero-order chi connectivity index (χ0) is 13.7. The van der Waals surface area contributed by atoms with Crippen LogP contribution in [0.4, 0.5) is 11.4 Å². The van der Waals surface area contributed by atoms with Crippen molar-refractivity contribution in [2.75, 3.05) is 43.9 Å². The summed E-state index contributed by atoms with van der Waals surface area (Å²) >= 11 is 0. The van der Waals surface area contributed by atoms with Crippen molar-refractivity contribution in [2.45, 2.75) is 32.2 Å². The molecule has 0 aliphatic carbocycles. The van der Waals surface area contributed by atoms with Gasteiger partial charge in [-0.05, 0) is 38.4 Å². The molecule has 1 N–H and O–H groups in total. The monoisotopic (exact) mass is 262 g/mol. The number of nitrogens with one attached hydrogen (secondary N) is 1. The Morgan fingerprint density at radius 1 is 1.37 bits per heavy atom. The van der Waals surface area contributed by atoms with Crippen LogP contribution in [0, 0.1) is 0 Å². The molecule has 0 bridgehead atoms. The molecule has 1 saturated heterocycles. The summed E-state index contributed by atoms with van der Waals surface area (Å²) in [5.74, 6) is 0. The van der Waals surface area contributed by atoms with Crippen molar-refractivity contribution in [1.82, 2.24) is 9.88 Å². The van der Waals surface area contributed by atoms with Gasteiger partial charge in [0.25, 0.3) is 0 Å². The molecule has 4 heteroatoms. The molecular weight excluding hydrogens is 236 g/mol. The Balaban J connectivity index is 2.01. The molecular formula is C15H26N4. The van der Waals surface area contributed by atoms with E-state index in [1.54, 1.807) is 0 Å². The minimum Gasteiger partial charge on any atom is -0.379 e. The second kappa shape index (κ2) is 6.75. The van der Waals surface area contributed by atoms with Crippen LogP contribution in [0.15, 0.2) is 18.5 Å². The Morgan fingerprint density at radius 3 is 2.95 bits per heavy atom. The van der Waals surface area contributed by atoms with Gasteiger partial charge in [-0.3, -0.25) is 4.98 Å². The first-order valence-electron chi connectivity index (χ1n) is 7.31. The summed E-state index contributed by atoms with van der Waals surface area (Å²) in [6.45, 7) is 5.86. The Kier molecular flexibility index (Phi) is 5.02. The normalized spacial score (nSPS) is 20.9. The fourth-order valence-electron chi connectivity index (χ4n) is 2.72. The van der Waals surface area contributed by atoms with Crippen molar-refractivity contribution < 1.29 is 0 Å². The lowest BCUT2D eigenvalue weighted by atomic mass is 10.1. The minimum atomic E-state index is 0.569. The highest BCUT2D eigenvalue weighted by atomic mass is 15.1. The molecule has 1 aromatic rings. The largest absolute Gasteiger partial charge is 0.379 e. The summed E-state index contributed by atoms with van der Waals surface area (Å²) in [6.07, 6.45) is 7.54. The van der Waals surface area contributed by atoms with Gasteiger partial charge in [-0.2, -0.15) is 0 Å². The summed E-state index contributed by atoms with van der Waals surface area (Å²) in [6, 6.07) is 2.64. The molecule has 106 valence electrons. The van der Waals surface area contributed by atoms with Crippen LogP contribution >= 0.6 is 0 Å². The molecule has 1 aromatic heterocycles. The van der Waals surface area contributed by atoms with Crippen molar-refractivity contribution >= 4 is 11.4 Å². The van der Waals surface area contributed by atoms with E-state index in [9.17, 15) is 0 Å². The first-order valence-corrected chi connectivity index (χ1v) is 7.31. The van der Waals surface area contributed by atoms with Gasteiger partial charge in [-0.25, -0.2) is 0 Å². The Hall–Kier alpha value is -1.29. The van der Waals surface area contributed by atoms with E-state index in [1.165, 1.54) is 44.6 Å². The van der Waals surface area contributed by atoms with E-state index in [-0.39, 0.29) is 0 Å². The van der Waals surface area contributed by atoms with E-state index in [2.05, 4.69) is 47.2 Å².